The average Bonchev–Trinajstić information content (AvgIpc) is 3.36. The van der Waals surface area contributed by atoms with Crippen LogP contribution in [-0.2, 0) is 36.8 Å². The van der Waals surface area contributed by atoms with Crippen molar-refractivity contribution in [3.8, 4) is 0 Å². The number of aliphatic carboxylic acids is 1. The molecule has 12 nitrogen and oxygen atoms in total. The summed E-state index contributed by atoms with van der Waals surface area (Å²) in [5, 5.41) is 18.1. The lowest BCUT2D eigenvalue weighted by Gasteiger charge is -2.24. The summed E-state index contributed by atoms with van der Waals surface area (Å²) >= 11 is 4.15. The second-order valence-corrected chi connectivity index (χ2v) is 9.93. The highest BCUT2D eigenvalue weighted by molar-refractivity contribution is 7.80. The molecule has 1 heterocycles. The van der Waals surface area contributed by atoms with Crippen molar-refractivity contribution in [3.05, 3.63) is 71.9 Å². The number of nitrogens with one attached hydrogen (secondary N) is 4. The van der Waals surface area contributed by atoms with Gasteiger partial charge in [0.2, 0.25) is 23.6 Å². The van der Waals surface area contributed by atoms with Gasteiger partial charge in [-0.15, -0.1) is 0 Å². The van der Waals surface area contributed by atoms with Crippen LogP contribution in [-0.4, -0.2) is 69.6 Å². The summed E-state index contributed by atoms with van der Waals surface area (Å²) in [5.41, 5.74) is 13.6. The number of benzene rings is 2. The minimum absolute atomic E-state index is 0.0315. The number of thiol groups is 1. The van der Waals surface area contributed by atoms with Crippen LogP contribution in [0.2, 0.25) is 0 Å². The fourth-order valence-electron chi connectivity index (χ4n) is 4.25. The van der Waals surface area contributed by atoms with Crippen LogP contribution in [0.4, 0.5) is 0 Å². The third-order valence-corrected chi connectivity index (χ3v) is 6.84. The van der Waals surface area contributed by atoms with Crippen molar-refractivity contribution >= 4 is 53.1 Å². The van der Waals surface area contributed by atoms with Gasteiger partial charge in [0.1, 0.15) is 18.1 Å². The number of carboxylic acids is 1. The minimum Gasteiger partial charge on any atom is -0.480 e. The first kappa shape index (κ1) is 31.2. The van der Waals surface area contributed by atoms with Crippen molar-refractivity contribution in [3.63, 3.8) is 0 Å². The maximum Gasteiger partial charge on any atom is 0.326 e. The lowest BCUT2D eigenvalue weighted by Crippen LogP contribution is -2.58. The molecule has 41 heavy (non-hydrogen) atoms. The van der Waals surface area contributed by atoms with E-state index in [1.54, 1.807) is 6.20 Å². The fourth-order valence-corrected chi connectivity index (χ4v) is 4.51. The SMILES string of the molecule is NC(=O)CCC(NC(=O)C(CS)NC(=O)C(N)Cc1ccccc1)C(=O)NC(Cc1c[nH]c2ccccc12)C(=O)O. The predicted molar refractivity (Wildman–Crippen MR) is 156 cm³/mol. The van der Waals surface area contributed by atoms with E-state index < -0.39 is 53.8 Å². The van der Waals surface area contributed by atoms with E-state index in [1.165, 1.54) is 0 Å². The molecule has 3 aromatic rings. The third-order valence-electron chi connectivity index (χ3n) is 6.48. The van der Waals surface area contributed by atoms with Crippen LogP contribution in [0.5, 0.6) is 0 Å². The highest BCUT2D eigenvalue weighted by Crippen LogP contribution is 2.19. The Morgan fingerprint density at radius 1 is 0.829 bits per heavy atom. The molecule has 0 aliphatic heterocycles. The summed E-state index contributed by atoms with van der Waals surface area (Å²) in [5.74, 6) is -4.28. The Morgan fingerprint density at radius 2 is 1.44 bits per heavy atom. The van der Waals surface area contributed by atoms with Crippen LogP contribution < -0.4 is 27.4 Å². The molecule has 4 amide bonds. The van der Waals surface area contributed by atoms with Crippen LogP contribution in [0.15, 0.2) is 60.8 Å². The first-order valence-corrected chi connectivity index (χ1v) is 13.6. The normalized spacial score (nSPS) is 13.9. The Labute approximate surface area is 242 Å². The molecule has 218 valence electrons. The molecule has 0 bridgehead atoms. The first-order chi connectivity index (χ1) is 19.6. The summed E-state index contributed by atoms with van der Waals surface area (Å²) in [7, 11) is 0. The van der Waals surface area contributed by atoms with Gasteiger partial charge in [0.15, 0.2) is 0 Å². The van der Waals surface area contributed by atoms with E-state index in [-0.39, 0.29) is 31.4 Å². The van der Waals surface area contributed by atoms with E-state index in [0.717, 1.165) is 16.5 Å². The van der Waals surface area contributed by atoms with E-state index in [9.17, 15) is 29.1 Å². The van der Waals surface area contributed by atoms with E-state index >= 15 is 0 Å². The number of carbonyl (C=O) groups excluding carboxylic acids is 4. The van der Waals surface area contributed by atoms with Crippen molar-refractivity contribution in [2.24, 2.45) is 11.5 Å². The Morgan fingerprint density at radius 3 is 2.10 bits per heavy atom. The summed E-state index contributed by atoms with van der Waals surface area (Å²) in [6.07, 6.45) is 1.44. The second kappa shape index (κ2) is 14.9. The molecule has 4 atom stereocenters. The Bertz CT molecular complexity index is 1380. The Kier molecular flexibility index (Phi) is 11.3. The molecular weight excluding hydrogens is 548 g/mol. The van der Waals surface area contributed by atoms with Crippen LogP contribution in [0.3, 0.4) is 0 Å². The molecule has 0 saturated carbocycles. The van der Waals surface area contributed by atoms with Gasteiger partial charge in [-0.05, 0) is 30.0 Å². The smallest absolute Gasteiger partial charge is 0.326 e. The van der Waals surface area contributed by atoms with Crippen molar-refractivity contribution in [1.82, 2.24) is 20.9 Å². The minimum atomic E-state index is -1.33. The molecule has 0 aliphatic carbocycles. The molecular formula is C28H34N6O6S. The standard InChI is InChI=1S/C28H34N6O6S/c29-19(12-16-6-2-1-3-7-16)25(36)34-23(15-41)27(38)32-21(10-11-24(30)35)26(37)33-22(28(39)40)13-17-14-31-20-9-5-4-8-18(17)20/h1-9,14,19,21-23,31,41H,10-13,15,29H2,(H2,30,35)(H,32,38)(H,33,37)(H,34,36)(H,39,40). The second-order valence-electron chi connectivity index (χ2n) is 9.57. The maximum atomic E-state index is 13.2. The number of rotatable bonds is 15. The number of hydrogen-bond acceptors (Lipinski definition) is 7. The fraction of sp³-hybridized carbons (Fsp3) is 0.321. The van der Waals surface area contributed by atoms with Gasteiger partial charge in [0.25, 0.3) is 0 Å². The first-order valence-electron chi connectivity index (χ1n) is 13.0. The monoisotopic (exact) mass is 582 g/mol. The largest absolute Gasteiger partial charge is 0.480 e. The summed E-state index contributed by atoms with van der Waals surface area (Å²) in [6, 6.07) is 11.7. The molecule has 0 aliphatic rings. The van der Waals surface area contributed by atoms with Gasteiger partial charge in [-0.1, -0.05) is 48.5 Å². The van der Waals surface area contributed by atoms with Gasteiger partial charge >= 0.3 is 5.97 Å². The number of primary amides is 1. The lowest BCUT2D eigenvalue weighted by molar-refractivity contribution is -0.142. The van der Waals surface area contributed by atoms with Gasteiger partial charge < -0.3 is 37.5 Å². The van der Waals surface area contributed by atoms with Crippen molar-refractivity contribution in [2.75, 3.05) is 5.75 Å². The molecule has 0 fully saturated rings. The van der Waals surface area contributed by atoms with Crippen molar-refractivity contribution in [2.45, 2.75) is 49.9 Å². The number of nitrogens with two attached hydrogens (primary N) is 2. The predicted octanol–water partition coefficient (Wildman–Crippen LogP) is 0.0147. The molecule has 4 unspecified atom stereocenters. The topological polar surface area (TPSA) is 209 Å². The van der Waals surface area contributed by atoms with Gasteiger partial charge in [-0.2, -0.15) is 12.6 Å². The van der Waals surface area contributed by atoms with Crippen molar-refractivity contribution in [1.29, 1.82) is 0 Å². The van der Waals surface area contributed by atoms with Gasteiger partial charge in [-0.25, -0.2) is 4.79 Å². The van der Waals surface area contributed by atoms with E-state index in [1.807, 2.05) is 54.6 Å². The molecule has 1 aromatic heterocycles. The summed E-state index contributed by atoms with van der Waals surface area (Å²) in [6.45, 7) is 0. The molecule has 3 rings (SSSR count). The molecule has 0 radical (unpaired) electrons. The zero-order chi connectivity index (χ0) is 29.9. The number of fused-ring (bicyclic) bond motifs is 1. The van der Waals surface area contributed by atoms with E-state index in [2.05, 4.69) is 33.6 Å². The number of carboxylic acid groups (broad SMARTS) is 1. The number of aromatic nitrogens is 1. The van der Waals surface area contributed by atoms with Gasteiger partial charge in [-0.3, -0.25) is 19.2 Å². The Balaban J connectivity index is 1.67. The van der Waals surface area contributed by atoms with Crippen LogP contribution in [0, 0.1) is 0 Å². The molecule has 9 N–H and O–H groups in total. The summed E-state index contributed by atoms with van der Waals surface area (Å²) in [4.78, 5) is 65.4. The zero-order valence-electron chi connectivity index (χ0n) is 22.2. The zero-order valence-corrected chi connectivity index (χ0v) is 23.1. The van der Waals surface area contributed by atoms with Gasteiger partial charge in [0.05, 0.1) is 6.04 Å². The quantitative estimate of drug-likeness (QED) is 0.115. The third kappa shape index (κ3) is 9.08. The van der Waals surface area contributed by atoms with Crippen LogP contribution in [0.1, 0.15) is 24.0 Å². The molecule has 0 spiro atoms. The number of aromatic amines is 1. The summed E-state index contributed by atoms with van der Waals surface area (Å²) < 4.78 is 0. The van der Waals surface area contributed by atoms with Crippen LogP contribution in [0.25, 0.3) is 10.9 Å². The van der Waals surface area contributed by atoms with E-state index in [4.69, 9.17) is 11.5 Å². The lowest BCUT2D eigenvalue weighted by atomic mass is 10.0. The average molecular weight is 583 g/mol. The number of H-pyrrole nitrogens is 1. The number of amides is 4. The molecule has 0 saturated heterocycles. The Hall–Kier alpha value is -4.36. The highest BCUT2D eigenvalue weighted by Gasteiger charge is 2.30. The van der Waals surface area contributed by atoms with Crippen LogP contribution >= 0.6 is 12.6 Å². The number of para-hydroxylation sites is 1. The van der Waals surface area contributed by atoms with E-state index in [0.29, 0.717) is 5.56 Å². The molecule has 2 aromatic carbocycles. The number of hydrogen-bond donors (Lipinski definition) is 8. The van der Waals surface area contributed by atoms with Crippen molar-refractivity contribution < 1.29 is 29.1 Å². The van der Waals surface area contributed by atoms with Gasteiger partial charge in [0, 0.05) is 35.7 Å². The molecule has 13 heteroatoms. The number of carbonyl (C=O) groups is 5. The highest BCUT2D eigenvalue weighted by atomic mass is 32.1. The maximum absolute atomic E-state index is 13.2.